The van der Waals surface area contributed by atoms with E-state index in [1.807, 2.05) is 0 Å². The zero-order valence-corrected chi connectivity index (χ0v) is 66.2. The van der Waals surface area contributed by atoms with Crippen molar-refractivity contribution in [3.05, 3.63) is 0 Å². The fraction of sp³-hybridized carbons (Fsp3) is 0.949. The molecule has 17 nitrogen and oxygen atoms in total. The van der Waals surface area contributed by atoms with E-state index in [2.05, 4.69) is 55.4 Å². The first-order valence-corrected chi connectivity index (χ1v) is 43.8. The van der Waals surface area contributed by atoms with Crippen molar-refractivity contribution in [3.8, 4) is 0 Å². The molecule has 98 heavy (non-hydrogen) atoms. The number of phosphoric acid groups is 2. The number of aliphatic hydroxyl groups excluding tert-OH is 1. The Morgan fingerprint density at radius 2 is 0.490 bits per heavy atom. The molecule has 0 saturated carbocycles. The maximum atomic E-state index is 13.1. The molecule has 0 saturated heterocycles. The molecule has 0 aliphatic rings. The highest BCUT2D eigenvalue weighted by Gasteiger charge is 2.30. The summed E-state index contributed by atoms with van der Waals surface area (Å²) in [6, 6.07) is 0. The molecular formula is C79H154O17P2. The molecule has 0 aliphatic heterocycles. The lowest BCUT2D eigenvalue weighted by atomic mass is 9.99. The van der Waals surface area contributed by atoms with E-state index in [-0.39, 0.29) is 25.7 Å². The number of aliphatic hydroxyl groups is 1. The van der Waals surface area contributed by atoms with Crippen LogP contribution in [0.2, 0.25) is 0 Å². The lowest BCUT2D eigenvalue weighted by molar-refractivity contribution is -0.161. The van der Waals surface area contributed by atoms with Gasteiger partial charge in [0.2, 0.25) is 0 Å². The Hall–Kier alpha value is -1.94. The van der Waals surface area contributed by atoms with Gasteiger partial charge in [0.1, 0.15) is 19.3 Å². The van der Waals surface area contributed by atoms with Gasteiger partial charge in [-0.05, 0) is 49.4 Å². The molecule has 0 radical (unpaired) electrons. The van der Waals surface area contributed by atoms with Crippen LogP contribution >= 0.6 is 15.6 Å². The van der Waals surface area contributed by atoms with Gasteiger partial charge in [-0.2, -0.15) is 0 Å². The van der Waals surface area contributed by atoms with E-state index in [0.717, 1.165) is 114 Å². The third kappa shape index (κ3) is 69.8. The van der Waals surface area contributed by atoms with E-state index in [4.69, 9.17) is 37.0 Å². The Bertz CT molecular complexity index is 1920. The van der Waals surface area contributed by atoms with E-state index in [0.29, 0.717) is 25.7 Å². The average Bonchev–Trinajstić information content (AvgIpc) is 1.10. The van der Waals surface area contributed by atoms with Crippen LogP contribution in [-0.2, 0) is 65.4 Å². The summed E-state index contributed by atoms with van der Waals surface area (Å²) in [7, 11) is -9.92. The number of carbonyl (C=O) groups is 4. The summed E-state index contributed by atoms with van der Waals surface area (Å²) in [5.74, 6) is 1.04. The monoisotopic (exact) mass is 1440 g/mol. The number of unbranched alkanes of at least 4 members (excludes halogenated alkanes) is 40. The quantitative estimate of drug-likeness (QED) is 0.0222. The minimum atomic E-state index is -4.96. The van der Waals surface area contributed by atoms with Crippen molar-refractivity contribution in [1.82, 2.24) is 0 Å². The summed E-state index contributed by atoms with van der Waals surface area (Å²) in [4.78, 5) is 73.0. The number of esters is 4. The summed E-state index contributed by atoms with van der Waals surface area (Å²) < 4.78 is 68.7. The minimum absolute atomic E-state index is 0.105. The first-order chi connectivity index (χ1) is 47.2. The second kappa shape index (κ2) is 68.2. The van der Waals surface area contributed by atoms with Crippen LogP contribution < -0.4 is 0 Å². The highest BCUT2D eigenvalue weighted by molar-refractivity contribution is 7.47. The summed E-state index contributed by atoms with van der Waals surface area (Å²) in [6.45, 7) is 14.3. The lowest BCUT2D eigenvalue weighted by Crippen LogP contribution is -2.30. The molecule has 0 aliphatic carbocycles. The maximum Gasteiger partial charge on any atom is 0.472 e. The van der Waals surface area contributed by atoms with Crippen molar-refractivity contribution < 1.29 is 80.2 Å². The third-order valence-electron chi connectivity index (χ3n) is 19.0. The fourth-order valence-electron chi connectivity index (χ4n) is 12.0. The molecule has 0 spiro atoms. The Balaban J connectivity index is 5.28. The van der Waals surface area contributed by atoms with E-state index >= 15 is 0 Å². The number of ether oxygens (including phenoxy) is 4. The van der Waals surface area contributed by atoms with Gasteiger partial charge < -0.3 is 33.8 Å². The van der Waals surface area contributed by atoms with Gasteiger partial charge in [-0.3, -0.25) is 37.3 Å². The molecule has 582 valence electrons. The fourth-order valence-corrected chi connectivity index (χ4v) is 13.6. The van der Waals surface area contributed by atoms with E-state index in [1.54, 1.807) is 0 Å². The lowest BCUT2D eigenvalue weighted by Gasteiger charge is -2.21. The second-order valence-corrected chi connectivity index (χ2v) is 32.8. The van der Waals surface area contributed by atoms with Crippen LogP contribution in [0.4, 0.5) is 0 Å². The molecule has 0 fully saturated rings. The number of hydrogen-bond acceptors (Lipinski definition) is 15. The van der Waals surface area contributed by atoms with Crippen LogP contribution in [0.5, 0.6) is 0 Å². The molecule has 0 bridgehead atoms. The van der Waals surface area contributed by atoms with Crippen molar-refractivity contribution in [1.29, 1.82) is 0 Å². The van der Waals surface area contributed by atoms with Crippen LogP contribution in [0.1, 0.15) is 402 Å². The third-order valence-corrected chi connectivity index (χ3v) is 20.9. The second-order valence-electron chi connectivity index (χ2n) is 29.9. The van der Waals surface area contributed by atoms with Gasteiger partial charge in [0.05, 0.1) is 26.4 Å². The Labute approximate surface area is 600 Å². The van der Waals surface area contributed by atoms with E-state index in [1.165, 1.54) is 205 Å². The van der Waals surface area contributed by atoms with Crippen molar-refractivity contribution >= 4 is 39.5 Å². The molecule has 0 amide bonds. The minimum Gasteiger partial charge on any atom is -0.462 e. The van der Waals surface area contributed by atoms with Gasteiger partial charge >= 0.3 is 39.5 Å². The average molecular weight is 1440 g/mol. The van der Waals surface area contributed by atoms with Crippen molar-refractivity contribution in [3.63, 3.8) is 0 Å². The van der Waals surface area contributed by atoms with Crippen LogP contribution in [0.15, 0.2) is 0 Å². The summed E-state index contributed by atoms with van der Waals surface area (Å²) in [5, 5.41) is 10.6. The molecule has 0 aromatic heterocycles. The summed E-state index contributed by atoms with van der Waals surface area (Å²) in [6.07, 6.45) is 53.9. The number of rotatable bonds is 76. The smallest absolute Gasteiger partial charge is 0.462 e. The summed E-state index contributed by atoms with van der Waals surface area (Å²) >= 11 is 0. The molecule has 0 aromatic carbocycles. The number of carbonyl (C=O) groups excluding carboxylic acids is 4. The normalized spacial score (nSPS) is 14.6. The number of phosphoric ester groups is 2. The van der Waals surface area contributed by atoms with Gasteiger partial charge in [0, 0.05) is 25.7 Å². The van der Waals surface area contributed by atoms with Crippen LogP contribution in [-0.4, -0.2) is 96.7 Å². The first kappa shape index (κ1) is 96.1. The van der Waals surface area contributed by atoms with E-state index < -0.39 is 97.5 Å². The maximum absolute atomic E-state index is 13.1. The van der Waals surface area contributed by atoms with Gasteiger partial charge in [-0.1, -0.05) is 351 Å². The van der Waals surface area contributed by atoms with Crippen LogP contribution in [0.25, 0.3) is 0 Å². The molecule has 0 aromatic rings. The first-order valence-electron chi connectivity index (χ1n) is 40.8. The zero-order chi connectivity index (χ0) is 72.4. The Morgan fingerprint density at radius 1 is 0.286 bits per heavy atom. The largest absolute Gasteiger partial charge is 0.472 e. The van der Waals surface area contributed by atoms with Gasteiger partial charge in [-0.15, -0.1) is 0 Å². The van der Waals surface area contributed by atoms with Gasteiger partial charge in [0.25, 0.3) is 0 Å². The van der Waals surface area contributed by atoms with Crippen molar-refractivity contribution in [2.45, 2.75) is 420 Å². The number of hydrogen-bond donors (Lipinski definition) is 3. The zero-order valence-electron chi connectivity index (χ0n) is 64.4. The topological polar surface area (TPSA) is 237 Å². The van der Waals surface area contributed by atoms with Gasteiger partial charge in [0.15, 0.2) is 12.2 Å². The van der Waals surface area contributed by atoms with Crippen LogP contribution in [0.3, 0.4) is 0 Å². The molecule has 0 heterocycles. The molecular weight excluding hydrogens is 1280 g/mol. The van der Waals surface area contributed by atoms with Gasteiger partial charge in [-0.25, -0.2) is 9.13 Å². The molecule has 7 atom stereocenters. The Morgan fingerprint density at radius 3 is 0.724 bits per heavy atom. The molecule has 3 N–H and O–H groups in total. The van der Waals surface area contributed by atoms with Crippen molar-refractivity contribution in [2.24, 2.45) is 23.7 Å². The highest BCUT2D eigenvalue weighted by Crippen LogP contribution is 2.45. The van der Waals surface area contributed by atoms with Crippen LogP contribution in [0, 0.1) is 23.7 Å². The highest BCUT2D eigenvalue weighted by atomic mass is 31.2. The molecule has 0 rings (SSSR count). The predicted molar refractivity (Wildman–Crippen MR) is 400 cm³/mol. The van der Waals surface area contributed by atoms with E-state index in [9.17, 15) is 43.2 Å². The summed E-state index contributed by atoms with van der Waals surface area (Å²) in [5.41, 5.74) is 0. The molecule has 4 unspecified atom stereocenters. The van der Waals surface area contributed by atoms with Crippen molar-refractivity contribution in [2.75, 3.05) is 39.6 Å². The SMILES string of the molecule is CCC(C)CCCCCCCCCCCCC(=O)O[C@H](COC(=O)CCCCCCCCCCC(C)CC)COP(=O)(O)OC[C@H](O)COP(=O)(O)OC[C@@H](COC(=O)CCCCCCCCCCCCCCCC(C)C)OC(=O)CCCCCCCCCCCCCCCC(C)C. The predicted octanol–water partition coefficient (Wildman–Crippen LogP) is 23.2. The molecule has 19 heteroatoms. The standard InChI is InChI=1S/C79H154O17P2/c1-9-71(7)57-49-41-33-25-21-22-28-38-46-54-62-79(84)96-75(66-90-77(82)60-52-44-36-30-29-34-42-50-58-72(8)10-2)68-94-98(87,88)92-64-73(80)63-91-97(85,86)93-67-74(95-78(83)61-53-45-37-27-20-16-12-14-18-24-32-40-48-56-70(5)6)65-89-76(81)59-51-43-35-26-19-15-11-13-17-23-31-39-47-55-69(3)4/h69-75,80H,9-68H2,1-8H3,(H,85,86)(H,87,88)/t71?,72?,73-,74-,75-/m1/s1. The Kier molecular flexibility index (Phi) is 66.8.